The number of carbonyl (C=O) groups excluding carboxylic acids is 1. The molecule has 0 radical (unpaired) electrons. The quantitative estimate of drug-likeness (QED) is 0.346. The van der Waals surface area contributed by atoms with Gasteiger partial charge in [0.25, 0.3) is 5.91 Å². The standard InChI is InChI=1S/C26H24N4O2/c1-19-9-8-11-21(15-19)26-22(17-30(29-26)23-12-4-3-5-13-23)16-27-28-25(31)18-32-24-14-7-6-10-20(24)2/h3-17H,18H2,1-2H3,(H,28,31)/b27-16-. The van der Waals surface area contributed by atoms with E-state index >= 15 is 0 Å². The summed E-state index contributed by atoms with van der Waals surface area (Å²) in [4.78, 5) is 12.2. The molecule has 6 nitrogen and oxygen atoms in total. The number of aryl methyl sites for hydroxylation is 2. The van der Waals surface area contributed by atoms with Crippen molar-refractivity contribution in [1.29, 1.82) is 0 Å². The Kier molecular flexibility index (Phi) is 6.41. The number of amides is 1. The summed E-state index contributed by atoms with van der Waals surface area (Å²) >= 11 is 0. The predicted molar refractivity (Wildman–Crippen MR) is 126 cm³/mol. The van der Waals surface area contributed by atoms with Crippen molar-refractivity contribution in [3.63, 3.8) is 0 Å². The van der Waals surface area contributed by atoms with E-state index in [1.807, 2.05) is 97.5 Å². The van der Waals surface area contributed by atoms with Crippen LogP contribution in [0.1, 0.15) is 16.7 Å². The van der Waals surface area contributed by atoms with Crippen LogP contribution >= 0.6 is 0 Å². The lowest BCUT2D eigenvalue weighted by Gasteiger charge is -2.07. The van der Waals surface area contributed by atoms with Gasteiger partial charge in [-0.1, -0.05) is 60.2 Å². The van der Waals surface area contributed by atoms with Crippen LogP contribution in [0.3, 0.4) is 0 Å². The lowest BCUT2D eigenvalue weighted by Crippen LogP contribution is -2.24. The summed E-state index contributed by atoms with van der Waals surface area (Å²) in [5, 5.41) is 8.90. The molecule has 4 aromatic rings. The van der Waals surface area contributed by atoms with Gasteiger partial charge < -0.3 is 4.74 Å². The maximum atomic E-state index is 12.2. The number of para-hydroxylation sites is 2. The molecule has 1 heterocycles. The van der Waals surface area contributed by atoms with Crippen LogP contribution in [-0.4, -0.2) is 28.5 Å². The lowest BCUT2D eigenvalue weighted by atomic mass is 10.1. The number of hydrogen-bond donors (Lipinski definition) is 1. The first kappa shape index (κ1) is 21.1. The van der Waals surface area contributed by atoms with Crippen molar-refractivity contribution in [2.45, 2.75) is 13.8 Å². The highest BCUT2D eigenvalue weighted by Crippen LogP contribution is 2.23. The number of ether oxygens (including phenoxy) is 1. The van der Waals surface area contributed by atoms with Crippen molar-refractivity contribution in [3.05, 3.63) is 102 Å². The van der Waals surface area contributed by atoms with E-state index in [9.17, 15) is 4.79 Å². The van der Waals surface area contributed by atoms with Crippen LogP contribution in [0, 0.1) is 13.8 Å². The van der Waals surface area contributed by atoms with Gasteiger partial charge in [0, 0.05) is 17.3 Å². The van der Waals surface area contributed by atoms with E-state index in [1.165, 1.54) is 0 Å². The first-order chi connectivity index (χ1) is 15.6. The highest BCUT2D eigenvalue weighted by molar-refractivity contribution is 5.89. The minimum Gasteiger partial charge on any atom is -0.483 e. The molecule has 0 unspecified atom stereocenters. The highest BCUT2D eigenvalue weighted by Gasteiger charge is 2.11. The highest BCUT2D eigenvalue weighted by atomic mass is 16.5. The molecule has 1 aromatic heterocycles. The molecule has 0 aliphatic heterocycles. The second-order valence-corrected chi connectivity index (χ2v) is 7.43. The largest absolute Gasteiger partial charge is 0.483 e. The van der Waals surface area contributed by atoms with Gasteiger partial charge in [-0.15, -0.1) is 0 Å². The number of nitrogens with zero attached hydrogens (tertiary/aromatic N) is 3. The predicted octanol–water partition coefficient (Wildman–Crippen LogP) is 4.69. The molecular weight excluding hydrogens is 400 g/mol. The molecule has 6 heteroatoms. The zero-order valence-corrected chi connectivity index (χ0v) is 18.0. The third-order valence-electron chi connectivity index (χ3n) is 4.90. The maximum Gasteiger partial charge on any atom is 0.277 e. The Morgan fingerprint density at radius 1 is 1.03 bits per heavy atom. The van der Waals surface area contributed by atoms with Crippen molar-refractivity contribution >= 4 is 12.1 Å². The Bertz CT molecular complexity index is 1250. The summed E-state index contributed by atoms with van der Waals surface area (Å²) in [5.41, 5.74) is 8.14. The Morgan fingerprint density at radius 3 is 2.59 bits per heavy atom. The third kappa shape index (κ3) is 5.10. The van der Waals surface area contributed by atoms with E-state index in [-0.39, 0.29) is 12.5 Å². The van der Waals surface area contributed by atoms with Gasteiger partial charge >= 0.3 is 0 Å². The average molecular weight is 425 g/mol. The molecule has 0 spiro atoms. The molecule has 4 rings (SSSR count). The summed E-state index contributed by atoms with van der Waals surface area (Å²) < 4.78 is 7.37. The molecule has 0 atom stereocenters. The van der Waals surface area contributed by atoms with E-state index in [4.69, 9.17) is 9.84 Å². The number of rotatable bonds is 7. The second kappa shape index (κ2) is 9.75. The molecule has 1 amide bonds. The van der Waals surface area contributed by atoms with Crippen LogP contribution in [-0.2, 0) is 4.79 Å². The van der Waals surface area contributed by atoms with Crippen molar-refractivity contribution in [2.24, 2.45) is 5.10 Å². The van der Waals surface area contributed by atoms with Gasteiger partial charge in [0.2, 0.25) is 0 Å². The van der Waals surface area contributed by atoms with Gasteiger partial charge in [-0.05, 0) is 43.7 Å². The SMILES string of the molecule is Cc1cccc(-c2nn(-c3ccccc3)cc2/C=N\NC(=O)COc2ccccc2C)c1. The minimum absolute atomic E-state index is 0.115. The monoisotopic (exact) mass is 424 g/mol. The summed E-state index contributed by atoms with van der Waals surface area (Å²) in [5.74, 6) is 0.342. The zero-order chi connectivity index (χ0) is 22.3. The van der Waals surface area contributed by atoms with E-state index in [2.05, 4.69) is 16.6 Å². The smallest absolute Gasteiger partial charge is 0.277 e. The van der Waals surface area contributed by atoms with Crippen LogP contribution in [0.15, 0.2) is 90.2 Å². The number of aromatic nitrogens is 2. The van der Waals surface area contributed by atoms with Crippen LogP contribution in [0.5, 0.6) is 5.75 Å². The Labute approximate surface area is 187 Å². The molecular formula is C26H24N4O2. The molecule has 3 aromatic carbocycles. The minimum atomic E-state index is -0.336. The second-order valence-electron chi connectivity index (χ2n) is 7.43. The van der Waals surface area contributed by atoms with Gasteiger partial charge in [0.05, 0.1) is 11.9 Å². The summed E-state index contributed by atoms with van der Waals surface area (Å²) in [7, 11) is 0. The van der Waals surface area contributed by atoms with Crippen LogP contribution in [0.4, 0.5) is 0 Å². The van der Waals surface area contributed by atoms with Crippen LogP contribution < -0.4 is 10.2 Å². The van der Waals surface area contributed by atoms with Crippen LogP contribution in [0.2, 0.25) is 0 Å². The Balaban J connectivity index is 1.51. The molecule has 0 saturated carbocycles. The van der Waals surface area contributed by atoms with E-state index < -0.39 is 0 Å². The third-order valence-corrected chi connectivity index (χ3v) is 4.90. The average Bonchev–Trinajstić information content (AvgIpc) is 3.23. The maximum absolute atomic E-state index is 12.2. The number of carbonyl (C=O) groups is 1. The molecule has 0 saturated heterocycles. The lowest BCUT2D eigenvalue weighted by molar-refractivity contribution is -0.123. The molecule has 1 N–H and O–H groups in total. The summed E-state index contributed by atoms with van der Waals surface area (Å²) in [6.07, 6.45) is 3.50. The number of hydrazone groups is 1. The first-order valence-electron chi connectivity index (χ1n) is 10.3. The Hall–Kier alpha value is -4.19. The number of nitrogens with one attached hydrogen (secondary N) is 1. The normalized spacial score (nSPS) is 10.9. The molecule has 0 aliphatic carbocycles. The van der Waals surface area contributed by atoms with E-state index in [0.717, 1.165) is 33.6 Å². The van der Waals surface area contributed by atoms with E-state index in [0.29, 0.717) is 5.75 Å². The van der Waals surface area contributed by atoms with Gasteiger partial charge in [-0.3, -0.25) is 4.79 Å². The zero-order valence-electron chi connectivity index (χ0n) is 18.0. The van der Waals surface area contributed by atoms with Gasteiger partial charge in [-0.2, -0.15) is 10.2 Å². The van der Waals surface area contributed by atoms with Gasteiger partial charge in [0.1, 0.15) is 11.4 Å². The van der Waals surface area contributed by atoms with Crippen molar-refractivity contribution < 1.29 is 9.53 Å². The number of benzene rings is 3. The van der Waals surface area contributed by atoms with E-state index in [1.54, 1.807) is 6.21 Å². The van der Waals surface area contributed by atoms with Crippen molar-refractivity contribution in [2.75, 3.05) is 6.61 Å². The Morgan fingerprint density at radius 2 is 1.81 bits per heavy atom. The van der Waals surface area contributed by atoms with Crippen LogP contribution in [0.25, 0.3) is 16.9 Å². The fraction of sp³-hybridized carbons (Fsp3) is 0.115. The first-order valence-corrected chi connectivity index (χ1v) is 10.3. The summed E-state index contributed by atoms with van der Waals surface area (Å²) in [6, 6.07) is 25.5. The molecule has 0 bridgehead atoms. The van der Waals surface area contributed by atoms with Gasteiger partial charge in [0.15, 0.2) is 6.61 Å². The molecule has 32 heavy (non-hydrogen) atoms. The fourth-order valence-corrected chi connectivity index (χ4v) is 3.28. The van der Waals surface area contributed by atoms with Crippen molar-refractivity contribution in [3.8, 4) is 22.7 Å². The number of hydrogen-bond acceptors (Lipinski definition) is 4. The van der Waals surface area contributed by atoms with Gasteiger partial charge in [-0.25, -0.2) is 10.1 Å². The fourth-order valence-electron chi connectivity index (χ4n) is 3.28. The topological polar surface area (TPSA) is 68.5 Å². The molecule has 0 fully saturated rings. The summed E-state index contributed by atoms with van der Waals surface area (Å²) in [6.45, 7) is 3.86. The van der Waals surface area contributed by atoms with Crippen molar-refractivity contribution in [1.82, 2.24) is 15.2 Å². The molecule has 0 aliphatic rings. The molecule has 160 valence electrons.